The van der Waals surface area contributed by atoms with Crippen LogP contribution < -0.4 is 10.1 Å². The zero-order chi connectivity index (χ0) is 16.1. The number of hydrogen-bond donors (Lipinski definition) is 1. The number of nitrogens with zero attached hydrogens (tertiary/aromatic N) is 2. The number of thioether (sulfide) groups is 1. The van der Waals surface area contributed by atoms with E-state index >= 15 is 0 Å². The Morgan fingerprint density at radius 1 is 1.27 bits per heavy atom. The Hall–Kier alpha value is -1.60. The Labute approximate surface area is 138 Å². The van der Waals surface area contributed by atoms with Crippen molar-refractivity contribution in [3.8, 4) is 5.75 Å². The molecular formula is C15H19N3O2S2. The highest BCUT2D eigenvalue weighted by Gasteiger charge is 2.18. The fourth-order valence-corrected chi connectivity index (χ4v) is 3.03. The summed E-state index contributed by atoms with van der Waals surface area (Å²) < 4.78 is 6.63. The van der Waals surface area contributed by atoms with Gasteiger partial charge in [0.1, 0.15) is 5.75 Å². The smallest absolute Gasteiger partial charge is 0.266 e. The minimum absolute atomic E-state index is 0.234. The molecule has 0 fully saturated rings. The van der Waals surface area contributed by atoms with Crippen molar-refractivity contribution in [1.29, 1.82) is 0 Å². The molecule has 0 radical (unpaired) electrons. The van der Waals surface area contributed by atoms with E-state index in [1.807, 2.05) is 30.5 Å². The van der Waals surface area contributed by atoms with E-state index in [2.05, 4.69) is 29.4 Å². The fraction of sp³-hybridized carbons (Fsp3) is 0.400. The molecule has 2 aromatic rings. The number of carbonyl (C=O) groups excluding carboxylic acids is 1. The van der Waals surface area contributed by atoms with Crippen molar-refractivity contribution in [3.63, 3.8) is 0 Å². The molecular weight excluding hydrogens is 318 g/mol. The van der Waals surface area contributed by atoms with Gasteiger partial charge < -0.3 is 4.74 Å². The molecule has 5 nitrogen and oxygen atoms in total. The summed E-state index contributed by atoms with van der Waals surface area (Å²) in [7, 11) is 0. The summed E-state index contributed by atoms with van der Waals surface area (Å²) in [6, 6.07) is 7.77. The molecule has 2 rings (SSSR count). The third kappa shape index (κ3) is 4.20. The standard InChI is InChI=1S/C15H19N3O2S2/c1-9(2)11-7-5-6-8-12(11)20-10(3)13(19)16-14-17-18-15(21-4)22-14/h5-10H,1-4H3,(H,16,17,19)/t10-/m0/s1. The van der Waals surface area contributed by atoms with Gasteiger partial charge in [-0.2, -0.15) is 0 Å². The van der Waals surface area contributed by atoms with E-state index in [4.69, 9.17) is 4.74 Å². The molecule has 0 saturated heterocycles. The molecule has 1 aromatic heterocycles. The zero-order valence-electron chi connectivity index (χ0n) is 13.0. The second-order valence-electron chi connectivity index (χ2n) is 5.02. The first kappa shape index (κ1) is 16.8. The summed E-state index contributed by atoms with van der Waals surface area (Å²) in [5.41, 5.74) is 1.09. The maximum Gasteiger partial charge on any atom is 0.266 e. The van der Waals surface area contributed by atoms with Crippen LogP contribution in [0.15, 0.2) is 28.6 Å². The highest BCUT2D eigenvalue weighted by atomic mass is 32.2. The minimum Gasteiger partial charge on any atom is -0.481 e. The Bertz CT molecular complexity index is 643. The number of para-hydroxylation sites is 1. The first-order valence-electron chi connectivity index (χ1n) is 6.95. The number of amides is 1. The monoisotopic (exact) mass is 337 g/mol. The topological polar surface area (TPSA) is 64.1 Å². The quantitative estimate of drug-likeness (QED) is 0.642. The predicted molar refractivity (Wildman–Crippen MR) is 90.9 cm³/mol. The Kier molecular flexibility index (Phi) is 5.79. The molecule has 0 aliphatic heterocycles. The van der Waals surface area contributed by atoms with Crippen LogP contribution in [-0.2, 0) is 4.79 Å². The zero-order valence-corrected chi connectivity index (χ0v) is 14.6. The van der Waals surface area contributed by atoms with Gasteiger partial charge in [-0.3, -0.25) is 10.1 Å². The highest BCUT2D eigenvalue weighted by Crippen LogP contribution is 2.27. The van der Waals surface area contributed by atoms with Gasteiger partial charge in [0.05, 0.1) is 0 Å². The largest absolute Gasteiger partial charge is 0.481 e. The molecule has 1 aromatic carbocycles. The van der Waals surface area contributed by atoms with Gasteiger partial charge in [0.25, 0.3) is 5.91 Å². The van der Waals surface area contributed by atoms with Crippen molar-refractivity contribution >= 4 is 34.1 Å². The van der Waals surface area contributed by atoms with Crippen molar-refractivity contribution in [1.82, 2.24) is 10.2 Å². The normalized spacial score (nSPS) is 12.2. The van der Waals surface area contributed by atoms with Gasteiger partial charge in [-0.1, -0.05) is 55.1 Å². The summed E-state index contributed by atoms with van der Waals surface area (Å²) >= 11 is 2.84. The van der Waals surface area contributed by atoms with Crippen LogP contribution in [0, 0.1) is 0 Å². The van der Waals surface area contributed by atoms with Gasteiger partial charge in [-0.25, -0.2) is 0 Å². The van der Waals surface area contributed by atoms with Crippen LogP contribution in [0.2, 0.25) is 0 Å². The molecule has 1 atom stereocenters. The number of benzene rings is 1. The summed E-state index contributed by atoms with van der Waals surface area (Å²) in [4.78, 5) is 12.2. The SMILES string of the molecule is CSc1nnc(NC(=O)[C@H](C)Oc2ccccc2C(C)C)s1. The van der Waals surface area contributed by atoms with E-state index < -0.39 is 6.10 Å². The summed E-state index contributed by atoms with van der Waals surface area (Å²) in [6.07, 6.45) is 1.31. The van der Waals surface area contributed by atoms with Crippen molar-refractivity contribution in [2.45, 2.75) is 37.1 Å². The molecule has 7 heteroatoms. The molecule has 1 amide bonds. The van der Waals surface area contributed by atoms with Gasteiger partial charge in [-0.05, 0) is 30.7 Å². The maximum atomic E-state index is 12.2. The van der Waals surface area contributed by atoms with Crippen molar-refractivity contribution in [3.05, 3.63) is 29.8 Å². The fourth-order valence-electron chi connectivity index (χ4n) is 1.86. The number of carbonyl (C=O) groups is 1. The van der Waals surface area contributed by atoms with Crippen LogP contribution in [-0.4, -0.2) is 28.5 Å². The second kappa shape index (κ2) is 7.60. The third-order valence-electron chi connectivity index (χ3n) is 3.03. The van der Waals surface area contributed by atoms with Gasteiger partial charge in [-0.15, -0.1) is 10.2 Å². The molecule has 0 bridgehead atoms. The number of aromatic nitrogens is 2. The van der Waals surface area contributed by atoms with E-state index in [1.54, 1.807) is 6.92 Å². The molecule has 0 unspecified atom stereocenters. The summed E-state index contributed by atoms with van der Waals surface area (Å²) in [5.74, 6) is 0.836. The number of anilines is 1. The Morgan fingerprint density at radius 2 is 2.00 bits per heavy atom. The van der Waals surface area contributed by atoms with Crippen LogP contribution >= 0.6 is 23.1 Å². The molecule has 1 N–H and O–H groups in total. The second-order valence-corrected chi connectivity index (χ2v) is 7.05. The molecule has 0 spiro atoms. The molecule has 0 aliphatic carbocycles. The van der Waals surface area contributed by atoms with E-state index in [-0.39, 0.29) is 5.91 Å². The molecule has 0 saturated carbocycles. The number of nitrogens with one attached hydrogen (secondary N) is 1. The summed E-state index contributed by atoms with van der Waals surface area (Å²) in [6.45, 7) is 5.92. The van der Waals surface area contributed by atoms with E-state index in [0.29, 0.717) is 11.0 Å². The summed E-state index contributed by atoms with van der Waals surface area (Å²) in [5, 5.41) is 11.1. The van der Waals surface area contributed by atoms with Crippen LogP contribution in [0.25, 0.3) is 0 Å². The van der Waals surface area contributed by atoms with Crippen LogP contribution in [0.4, 0.5) is 5.13 Å². The maximum absolute atomic E-state index is 12.2. The lowest BCUT2D eigenvalue weighted by Crippen LogP contribution is -2.30. The first-order valence-corrected chi connectivity index (χ1v) is 8.99. The third-order valence-corrected chi connectivity index (χ3v) is 4.84. The van der Waals surface area contributed by atoms with Crippen LogP contribution in [0.3, 0.4) is 0 Å². The Morgan fingerprint density at radius 3 is 2.64 bits per heavy atom. The van der Waals surface area contributed by atoms with Gasteiger partial charge in [0, 0.05) is 0 Å². The lowest BCUT2D eigenvalue weighted by Gasteiger charge is -2.18. The van der Waals surface area contributed by atoms with Gasteiger partial charge in [0.15, 0.2) is 10.4 Å². The van der Waals surface area contributed by atoms with Gasteiger partial charge >= 0.3 is 0 Å². The average Bonchev–Trinajstić information content (AvgIpc) is 2.95. The van der Waals surface area contributed by atoms with Crippen LogP contribution in [0.1, 0.15) is 32.3 Å². The molecule has 118 valence electrons. The lowest BCUT2D eigenvalue weighted by atomic mass is 10.0. The van der Waals surface area contributed by atoms with E-state index in [0.717, 1.165) is 15.7 Å². The van der Waals surface area contributed by atoms with Crippen molar-refractivity contribution in [2.75, 3.05) is 11.6 Å². The molecule has 1 heterocycles. The predicted octanol–water partition coefficient (Wildman–Crippen LogP) is 3.79. The highest BCUT2D eigenvalue weighted by molar-refractivity contribution is 8.00. The molecule has 0 aliphatic rings. The average molecular weight is 337 g/mol. The lowest BCUT2D eigenvalue weighted by molar-refractivity contribution is -0.122. The van der Waals surface area contributed by atoms with E-state index in [9.17, 15) is 4.79 Å². The Balaban J connectivity index is 2.02. The van der Waals surface area contributed by atoms with Crippen LogP contribution in [0.5, 0.6) is 5.75 Å². The van der Waals surface area contributed by atoms with Gasteiger partial charge in [0.2, 0.25) is 5.13 Å². The minimum atomic E-state index is -0.610. The molecule has 22 heavy (non-hydrogen) atoms. The number of ether oxygens (including phenoxy) is 1. The number of hydrogen-bond acceptors (Lipinski definition) is 6. The number of rotatable bonds is 6. The van der Waals surface area contributed by atoms with Crippen molar-refractivity contribution in [2.24, 2.45) is 0 Å². The van der Waals surface area contributed by atoms with Crippen molar-refractivity contribution < 1.29 is 9.53 Å². The van der Waals surface area contributed by atoms with E-state index in [1.165, 1.54) is 23.1 Å². The first-order chi connectivity index (χ1) is 10.5.